The number of benzene rings is 3. The van der Waals surface area contributed by atoms with Crippen molar-refractivity contribution >= 4 is 34.5 Å². The predicted molar refractivity (Wildman–Crippen MR) is 135 cm³/mol. The number of H-pyrrole nitrogens is 1. The molecule has 1 atom stereocenters. The van der Waals surface area contributed by atoms with E-state index in [4.69, 9.17) is 5.11 Å². The van der Waals surface area contributed by atoms with Gasteiger partial charge in [0.2, 0.25) is 0 Å². The first-order valence-electron chi connectivity index (χ1n) is 10.8. The number of fused-ring (bicyclic) bond motifs is 1. The van der Waals surface area contributed by atoms with E-state index in [9.17, 15) is 19.2 Å². The molecule has 8 nitrogen and oxygen atoms in total. The third kappa shape index (κ3) is 5.04. The first-order valence-corrected chi connectivity index (χ1v) is 12.0. The second-order valence-electron chi connectivity index (χ2n) is 8.00. The SMILES string of the molecule is CSc1ccc(CNC(=O)c2ccc3[nH]c(=O)n(C(C)c4ccc(C(=O)O)cc4)c(=O)c3c2)cc1. The number of nitrogens with zero attached hydrogens (tertiary/aromatic N) is 1. The van der Waals surface area contributed by atoms with E-state index in [1.807, 2.05) is 30.5 Å². The van der Waals surface area contributed by atoms with Gasteiger partial charge in [0.25, 0.3) is 11.5 Å². The van der Waals surface area contributed by atoms with Crippen molar-refractivity contribution < 1.29 is 14.7 Å². The molecule has 178 valence electrons. The fourth-order valence-corrected chi connectivity index (χ4v) is 4.21. The number of hydrogen-bond acceptors (Lipinski definition) is 5. The zero-order valence-corrected chi connectivity index (χ0v) is 19.9. The molecule has 1 aromatic heterocycles. The van der Waals surface area contributed by atoms with Gasteiger partial charge in [0.15, 0.2) is 0 Å². The average Bonchev–Trinajstić information content (AvgIpc) is 2.87. The van der Waals surface area contributed by atoms with Crippen LogP contribution < -0.4 is 16.6 Å². The van der Waals surface area contributed by atoms with Crippen molar-refractivity contribution in [2.24, 2.45) is 0 Å². The van der Waals surface area contributed by atoms with Gasteiger partial charge in [-0.3, -0.25) is 14.2 Å². The first kappa shape index (κ1) is 24.0. The number of aromatic amines is 1. The van der Waals surface area contributed by atoms with E-state index in [2.05, 4.69) is 10.3 Å². The summed E-state index contributed by atoms with van der Waals surface area (Å²) in [4.78, 5) is 53.6. The number of rotatable bonds is 7. The van der Waals surface area contributed by atoms with Gasteiger partial charge in [0.05, 0.1) is 22.5 Å². The van der Waals surface area contributed by atoms with Crippen LogP contribution in [0.1, 0.15) is 44.8 Å². The molecule has 0 saturated heterocycles. The maximum absolute atomic E-state index is 13.3. The van der Waals surface area contributed by atoms with Gasteiger partial charge < -0.3 is 15.4 Å². The minimum Gasteiger partial charge on any atom is -0.478 e. The number of hydrogen-bond donors (Lipinski definition) is 3. The van der Waals surface area contributed by atoms with Crippen LogP contribution in [0.5, 0.6) is 0 Å². The van der Waals surface area contributed by atoms with E-state index in [-0.39, 0.29) is 16.9 Å². The normalized spacial score (nSPS) is 11.8. The summed E-state index contributed by atoms with van der Waals surface area (Å²) in [5, 5.41) is 12.1. The van der Waals surface area contributed by atoms with Crippen LogP contribution in [0.15, 0.2) is 81.2 Å². The number of amides is 1. The minimum atomic E-state index is -1.06. The molecule has 1 unspecified atom stereocenters. The van der Waals surface area contributed by atoms with E-state index in [0.29, 0.717) is 23.2 Å². The Balaban J connectivity index is 1.62. The topological polar surface area (TPSA) is 121 Å². The molecular formula is C26H23N3O5S. The molecule has 0 radical (unpaired) electrons. The Morgan fingerprint density at radius 1 is 1.00 bits per heavy atom. The fraction of sp³-hybridized carbons (Fsp3) is 0.154. The third-order valence-corrected chi connectivity index (χ3v) is 6.57. The summed E-state index contributed by atoms with van der Waals surface area (Å²) in [6.45, 7) is 2.02. The van der Waals surface area contributed by atoms with Crippen LogP contribution in [-0.2, 0) is 6.54 Å². The molecule has 0 saturated carbocycles. The molecular weight excluding hydrogens is 466 g/mol. The highest BCUT2D eigenvalue weighted by molar-refractivity contribution is 7.98. The Morgan fingerprint density at radius 3 is 2.29 bits per heavy atom. The predicted octanol–water partition coefficient (Wildman–Crippen LogP) is 3.65. The molecule has 4 rings (SSSR count). The molecule has 0 fully saturated rings. The van der Waals surface area contributed by atoms with E-state index in [0.717, 1.165) is 15.0 Å². The van der Waals surface area contributed by atoms with Crippen LogP contribution in [0.3, 0.4) is 0 Å². The minimum absolute atomic E-state index is 0.108. The van der Waals surface area contributed by atoms with Crippen molar-refractivity contribution in [3.63, 3.8) is 0 Å². The Labute approximate surface area is 204 Å². The highest BCUT2D eigenvalue weighted by Crippen LogP contribution is 2.18. The van der Waals surface area contributed by atoms with Crippen LogP contribution in [0.4, 0.5) is 0 Å². The number of carbonyl (C=O) groups is 2. The third-order valence-electron chi connectivity index (χ3n) is 5.83. The maximum atomic E-state index is 13.3. The molecule has 1 heterocycles. The summed E-state index contributed by atoms with van der Waals surface area (Å²) in [5.74, 6) is -1.40. The number of carbonyl (C=O) groups excluding carboxylic acids is 1. The average molecular weight is 490 g/mol. The van der Waals surface area contributed by atoms with Gasteiger partial charge in [-0.1, -0.05) is 24.3 Å². The summed E-state index contributed by atoms with van der Waals surface area (Å²) in [6, 6.07) is 17.8. The lowest BCUT2D eigenvalue weighted by Gasteiger charge is -2.15. The van der Waals surface area contributed by atoms with E-state index in [1.54, 1.807) is 36.9 Å². The Kier molecular flexibility index (Phi) is 6.88. The zero-order valence-electron chi connectivity index (χ0n) is 19.1. The smallest absolute Gasteiger partial charge is 0.335 e. The molecule has 0 aliphatic carbocycles. The lowest BCUT2D eigenvalue weighted by atomic mass is 10.1. The van der Waals surface area contributed by atoms with E-state index < -0.39 is 23.3 Å². The molecule has 9 heteroatoms. The van der Waals surface area contributed by atoms with Gasteiger partial charge in [0, 0.05) is 17.0 Å². The summed E-state index contributed by atoms with van der Waals surface area (Å²) >= 11 is 1.64. The second-order valence-corrected chi connectivity index (χ2v) is 8.88. The number of nitrogens with one attached hydrogen (secondary N) is 2. The van der Waals surface area contributed by atoms with Crippen LogP contribution in [0, 0.1) is 0 Å². The molecule has 3 N–H and O–H groups in total. The van der Waals surface area contributed by atoms with Crippen molar-refractivity contribution in [3.05, 3.63) is 110 Å². The number of aromatic carboxylic acids is 1. The lowest BCUT2D eigenvalue weighted by Crippen LogP contribution is -2.37. The van der Waals surface area contributed by atoms with Gasteiger partial charge in [-0.2, -0.15) is 0 Å². The van der Waals surface area contributed by atoms with E-state index >= 15 is 0 Å². The van der Waals surface area contributed by atoms with Gasteiger partial charge in [-0.05, 0) is 66.8 Å². The number of aromatic nitrogens is 2. The highest BCUT2D eigenvalue weighted by Gasteiger charge is 2.17. The summed E-state index contributed by atoms with van der Waals surface area (Å²) in [7, 11) is 0. The van der Waals surface area contributed by atoms with Gasteiger partial charge >= 0.3 is 11.7 Å². The van der Waals surface area contributed by atoms with Crippen LogP contribution in [0.25, 0.3) is 10.9 Å². The van der Waals surface area contributed by atoms with Crippen molar-refractivity contribution in [2.75, 3.05) is 6.26 Å². The molecule has 1 amide bonds. The van der Waals surface area contributed by atoms with Crippen molar-refractivity contribution in [1.82, 2.24) is 14.9 Å². The molecule has 4 aromatic rings. The Bertz CT molecular complexity index is 1520. The maximum Gasteiger partial charge on any atom is 0.335 e. The summed E-state index contributed by atoms with van der Waals surface area (Å²) < 4.78 is 1.06. The number of carboxylic acids is 1. The summed E-state index contributed by atoms with van der Waals surface area (Å²) in [6.07, 6.45) is 1.99. The van der Waals surface area contributed by atoms with Gasteiger partial charge in [0.1, 0.15) is 0 Å². The second kappa shape index (κ2) is 10.0. The molecule has 35 heavy (non-hydrogen) atoms. The van der Waals surface area contributed by atoms with Crippen LogP contribution >= 0.6 is 11.8 Å². The first-order chi connectivity index (χ1) is 16.8. The Hall–Kier alpha value is -4.11. The van der Waals surface area contributed by atoms with E-state index in [1.165, 1.54) is 24.3 Å². The molecule has 0 bridgehead atoms. The van der Waals surface area contributed by atoms with Gasteiger partial charge in [-0.25, -0.2) is 9.59 Å². The lowest BCUT2D eigenvalue weighted by molar-refractivity contribution is 0.0696. The molecule has 3 aromatic carbocycles. The Morgan fingerprint density at radius 2 is 1.66 bits per heavy atom. The van der Waals surface area contributed by atoms with Crippen LogP contribution in [-0.4, -0.2) is 32.8 Å². The molecule has 0 spiro atoms. The van der Waals surface area contributed by atoms with Crippen molar-refractivity contribution in [3.8, 4) is 0 Å². The van der Waals surface area contributed by atoms with Crippen molar-refractivity contribution in [2.45, 2.75) is 24.4 Å². The summed E-state index contributed by atoms with van der Waals surface area (Å²) in [5.41, 5.74) is 1.15. The monoisotopic (exact) mass is 489 g/mol. The van der Waals surface area contributed by atoms with Gasteiger partial charge in [-0.15, -0.1) is 11.8 Å². The highest BCUT2D eigenvalue weighted by atomic mass is 32.2. The molecule has 0 aliphatic rings. The largest absolute Gasteiger partial charge is 0.478 e. The fourth-order valence-electron chi connectivity index (χ4n) is 3.80. The quantitative estimate of drug-likeness (QED) is 0.341. The molecule has 0 aliphatic heterocycles. The number of thioether (sulfide) groups is 1. The standard InChI is InChI=1S/C26H23N3O5S/c1-15(17-5-7-18(8-6-17)25(32)33)29-24(31)21-13-19(9-12-22(21)28-26(29)34)23(30)27-14-16-3-10-20(35-2)11-4-16/h3-13,15H,14H2,1-2H3,(H,27,30)(H,28,34)(H,32,33). The van der Waals surface area contributed by atoms with Crippen molar-refractivity contribution in [1.29, 1.82) is 0 Å². The van der Waals surface area contributed by atoms with Crippen LogP contribution in [0.2, 0.25) is 0 Å². The number of carboxylic acid groups (broad SMARTS) is 1. The zero-order chi connectivity index (χ0) is 25.1.